The zero-order valence-electron chi connectivity index (χ0n) is 25.9. The molecule has 230 valence electrons. The number of nitrogens with zero attached hydrogens (tertiary/aromatic N) is 1. The summed E-state index contributed by atoms with van der Waals surface area (Å²) >= 11 is 0. The van der Waals surface area contributed by atoms with Gasteiger partial charge in [-0.3, -0.25) is 0 Å². The van der Waals surface area contributed by atoms with Crippen molar-refractivity contribution in [2.24, 2.45) is 0 Å². The van der Waals surface area contributed by atoms with E-state index in [0.717, 1.165) is 23.1 Å². The fraction of sp³-hybridized carbons (Fsp3) is 0.343. The van der Waals surface area contributed by atoms with Crippen molar-refractivity contribution >= 4 is 29.0 Å². The van der Waals surface area contributed by atoms with Crippen LogP contribution in [-0.4, -0.2) is 41.2 Å². The molecular formula is C35H37FN2O6. The van der Waals surface area contributed by atoms with Crippen LogP contribution >= 0.6 is 0 Å². The molecular weight excluding hydrogens is 563 g/mol. The minimum atomic E-state index is -1.14. The normalized spacial score (nSPS) is 13.9. The summed E-state index contributed by atoms with van der Waals surface area (Å²) in [5, 5.41) is 0.633. The van der Waals surface area contributed by atoms with Crippen LogP contribution in [0.4, 0.5) is 4.39 Å². The predicted molar refractivity (Wildman–Crippen MR) is 166 cm³/mol. The van der Waals surface area contributed by atoms with Crippen molar-refractivity contribution in [1.29, 1.82) is 0 Å². The van der Waals surface area contributed by atoms with Crippen molar-refractivity contribution < 1.29 is 32.9 Å². The van der Waals surface area contributed by atoms with E-state index in [1.807, 2.05) is 64.1 Å². The van der Waals surface area contributed by atoms with Gasteiger partial charge in [0.15, 0.2) is 17.7 Å². The number of benzene rings is 2. The van der Waals surface area contributed by atoms with Crippen molar-refractivity contribution in [2.45, 2.75) is 65.8 Å². The minimum Gasteiger partial charge on any atom is -0.490 e. The molecule has 0 saturated carbocycles. The van der Waals surface area contributed by atoms with Gasteiger partial charge in [0, 0.05) is 39.5 Å². The Bertz CT molecular complexity index is 1740. The third-order valence-electron chi connectivity index (χ3n) is 7.50. The topological polar surface area (TPSA) is 99.7 Å². The molecule has 0 amide bonds. The Hall–Kier alpha value is -4.50. The summed E-state index contributed by atoms with van der Waals surface area (Å²) in [5.74, 6) is -1.31. The molecule has 0 fully saturated rings. The van der Waals surface area contributed by atoms with Crippen molar-refractivity contribution in [3.8, 4) is 16.9 Å². The molecule has 3 heterocycles. The Labute approximate surface area is 256 Å². The second kappa shape index (κ2) is 12.6. The number of H-pyrrole nitrogens is 1. The fourth-order valence-electron chi connectivity index (χ4n) is 5.54. The summed E-state index contributed by atoms with van der Waals surface area (Å²) in [7, 11) is 1.31. The highest BCUT2D eigenvalue weighted by Gasteiger charge is 2.34. The average molecular weight is 601 g/mol. The number of carbonyl (C=O) groups excluding carboxylic acids is 2. The number of aromatic nitrogens is 2. The summed E-state index contributed by atoms with van der Waals surface area (Å²) < 4.78 is 38.1. The second-order valence-corrected chi connectivity index (χ2v) is 11.8. The number of nitrogens with one attached hydrogen (secondary N) is 1. The van der Waals surface area contributed by atoms with E-state index in [1.54, 1.807) is 13.0 Å². The van der Waals surface area contributed by atoms with Crippen molar-refractivity contribution in [3.05, 3.63) is 88.0 Å². The fourth-order valence-corrected chi connectivity index (χ4v) is 5.54. The molecule has 0 saturated heterocycles. The maximum atomic E-state index is 15.6. The molecule has 2 aromatic carbocycles. The molecule has 4 aromatic rings. The molecule has 5 rings (SSSR count). The highest BCUT2D eigenvalue weighted by atomic mass is 19.1. The zero-order valence-corrected chi connectivity index (χ0v) is 25.9. The SMILES string of the molecule is COC(=O)C(OC(C)(C)C)c1c(C)nc2[nH]c(C=CC(=O)OCc3ccccc3)cc2c1-c1cc(F)c2c(c1C)CCCO2. The van der Waals surface area contributed by atoms with Gasteiger partial charge in [0.2, 0.25) is 0 Å². The van der Waals surface area contributed by atoms with Crippen LogP contribution in [0.1, 0.15) is 66.9 Å². The van der Waals surface area contributed by atoms with Gasteiger partial charge >= 0.3 is 11.9 Å². The maximum absolute atomic E-state index is 15.6. The molecule has 0 radical (unpaired) electrons. The minimum absolute atomic E-state index is 0.153. The lowest BCUT2D eigenvalue weighted by Crippen LogP contribution is -2.29. The summed E-state index contributed by atoms with van der Waals surface area (Å²) in [4.78, 5) is 33.8. The van der Waals surface area contributed by atoms with E-state index < -0.39 is 29.5 Å². The lowest BCUT2D eigenvalue weighted by atomic mass is 9.86. The van der Waals surface area contributed by atoms with E-state index in [2.05, 4.69) is 4.98 Å². The summed E-state index contributed by atoms with van der Waals surface area (Å²) in [6, 6.07) is 12.7. The number of ether oxygens (including phenoxy) is 4. The van der Waals surface area contributed by atoms with Crippen LogP contribution in [0.3, 0.4) is 0 Å². The van der Waals surface area contributed by atoms with Crippen LogP contribution in [-0.2, 0) is 36.8 Å². The van der Waals surface area contributed by atoms with Crippen molar-refractivity contribution in [2.75, 3.05) is 13.7 Å². The van der Waals surface area contributed by atoms with Gasteiger partial charge in [0.05, 0.1) is 19.3 Å². The molecule has 1 N–H and O–H groups in total. The molecule has 1 atom stereocenters. The number of halogens is 1. The van der Waals surface area contributed by atoms with E-state index >= 15 is 4.39 Å². The molecule has 8 nitrogen and oxygen atoms in total. The Morgan fingerprint density at radius 3 is 2.61 bits per heavy atom. The van der Waals surface area contributed by atoms with Crippen LogP contribution in [0.25, 0.3) is 28.2 Å². The Balaban J connectivity index is 1.65. The third-order valence-corrected chi connectivity index (χ3v) is 7.50. The highest BCUT2D eigenvalue weighted by Crippen LogP contribution is 2.44. The first-order valence-electron chi connectivity index (χ1n) is 14.6. The first-order chi connectivity index (χ1) is 21.0. The largest absolute Gasteiger partial charge is 0.490 e. The Morgan fingerprint density at radius 1 is 1.16 bits per heavy atom. The van der Waals surface area contributed by atoms with Crippen LogP contribution in [0.5, 0.6) is 5.75 Å². The Kier molecular flexibility index (Phi) is 8.87. The van der Waals surface area contributed by atoms with Crippen LogP contribution in [0.2, 0.25) is 0 Å². The molecule has 1 unspecified atom stereocenters. The van der Waals surface area contributed by atoms with Gasteiger partial charge in [-0.1, -0.05) is 30.3 Å². The number of rotatable bonds is 8. The monoisotopic (exact) mass is 600 g/mol. The predicted octanol–water partition coefficient (Wildman–Crippen LogP) is 7.10. The number of esters is 2. The van der Waals surface area contributed by atoms with E-state index in [0.29, 0.717) is 52.1 Å². The van der Waals surface area contributed by atoms with Gasteiger partial charge in [-0.25, -0.2) is 19.0 Å². The average Bonchev–Trinajstić information content (AvgIpc) is 3.41. The summed E-state index contributed by atoms with van der Waals surface area (Å²) in [6.07, 6.45) is 3.24. The number of hydrogen-bond acceptors (Lipinski definition) is 7. The Morgan fingerprint density at radius 2 is 1.91 bits per heavy atom. The van der Waals surface area contributed by atoms with Crippen LogP contribution < -0.4 is 4.74 Å². The smallest absolute Gasteiger partial charge is 0.339 e. The number of aryl methyl sites for hydroxylation is 1. The third kappa shape index (κ3) is 6.53. The van der Waals surface area contributed by atoms with E-state index in [4.69, 9.17) is 23.9 Å². The van der Waals surface area contributed by atoms with Crippen molar-refractivity contribution in [1.82, 2.24) is 9.97 Å². The number of pyridine rings is 1. The lowest BCUT2D eigenvalue weighted by molar-refractivity contribution is -0.164. The number of methoxy groups -OCH3 is 1. The number of hydrogen-bond donors (Lipinski definition) is 1. The van der Waals surface area contributed by atoms with Gasteiger partial charge in [0.1, 0.15) is 12.3 Å². The van der Waals surface area contributed by atoms with Crippen LogP contribution in [0.15, 0.2) is 48.5 Å². The molecule has 1 aliphatic rings. The van der Waals surface area contributed by atoms with Gasteiger partial charge in [-0.15, -0.1) is 0 Å². The first-order valence-corrected chi connectivity index (χ1v) is 14.6. The molecule has 1 aliphatic heterocycles. The molecule has 9 heteroatoms. The standard InChI is InChI=1S/C35H37FN2O6/c1-20-24-13-10-16-42-31(24)27(36)18-25(20)30-26-17-23(14-15-28(39)43-19-22-11-8-7-9-12-22)38-33(26)37-21(2)29(30)32(34(40)41-6)44-35(3,4)5/h7-9,11-12,14-15,17-18,32H,10,13,16,19H2,1-6H3,(H,37,38). The number of aromatic amines is 1. The molecule has 44 heavy (non-hydrogen) atoms. The quantitative estimate of drug-likeness (QED) is 0.170. The van der Waals surface area contributed by atoms with E-state index in [1.165, 1.54) is 19.3 Å². The molecule has 0 bridgehead atoms. The first kappa shape index (κ1) is 30.9. The summed E-state index contributed by atoms with van der Waals surface area (Å²) in [5.41, 5.74) is 5.08. The second-order valence-electron chi connectivity index (χ2n) is 11.8. The lowest BCUT2D eigenvalue weighted by Gasteiger charge is -2.29. The molecule has 2 aromatic heterocycles. The van der Waals surface area contributed by atoms with Gasteiger partial charge < -0.3 is 23.9 Å². The van der Waals surface area contributed by atoms with E-state index in [-0.39, 0.29) is 12.4 Å². The van der Waals surface area contributed by atoms with Gasteiger partial charge in [-0.05, 0) is 82.4 Å². The van der Waals surface area contributed by atoms with E-state index in [9.17, 15) is 9.59 Å². The zero-order chi connectivity index (χ0) is 31.6. The van der Waals surface area contributed by atoms with Gasteiger partial charge in [-0.2, -0.15) is 0 Å². The molecule has 0 aliphatic carbocycles. The van der Waals surface area contributed by atoms with Gasteiger partial charge in [0.25, 0.3) is 0 Å². The van der Waals surface area contributed by atoms with Crippen LogP contribution in [0, 0.1) is 19.7 Å². The van der Waals surface area contributed by atoms with Crippen molar-refractivity contribution in [3.63, 3.8) is 0 Å². The number of fused-ring (bicyclic) bond motifs is 2. The number of carbonyl (C=O) groups is 2. The molecule has 0 spiro atoms. The summed E-state index contributed by atoms with van der Waals surface area (Å²) in [6.45, 7) is 9.87. The highest BCUT2D eigenvalue weighted by molar-refractivity contribution is 6.00. The maximum Gasteiger partial charge on any atom is 0.339 e.